The number of H-pyrrole nitrogens is 1. The molecular weight excluding hydrogens is 254 g/mol. The van der Waals surface area contributed by atoms with Gasteiger partial charge in [0.15, 0.2) is 5.58 Å². The lowest BCUT2D eigenvalue weighted by Gasteiger charge is -1.92. The van der Waals surface area contributed by atoms with E-state index in [4.69, 9.17) is 16.0 Å². The molecule has 2 N–H and O–H groups in total. The van der Waals surface area contributed by atoms with Crippen molar-refractivity contribution in [1.29, 1.82) is 0 Å². The van der Waals surface area contributed by atoms with Crippen LogP contribution in [-0.4, -0.2) is 20.2 Å². The zero-order valence-electron chi connectivity index (χ0n) is 9.78. The smallest absolute Gasteiger partial charge is 0.302 e. The van der Waals surface area contributed by atoms with Gasteiger partial charge in [0.1, 0.15) is 11.3 Å². The minimum Gasteiger partial charge on any atom is -0.423 e. The van der Waals surface area contributed by atoms with Gasteiger partial charge in [0.2, 0.25) is 5.95 Å². The highest BCUT2D eigenvalue weighted by atomic mass is 35.5. The second-order valence-corrected chi connectivity index (χ2v) is 4.41. The summed E-state index contributed by atoms with van der Waals surface area (Å²) in [6.45, 7) is 3.74. The molecule has 3 aromatic rings. The van der Waals surface area contributed by atoms with Crippen molar-refractivity contribution in [3.63, 3.8) is 0 Å². The van der Waals surface area contributed by atoms with Crippen LogP contribution in [-0.2, 0) is 0 Å². The van der Waals surface area contributed by atoms with Crippen molar-refractivity contribution in [2.24, 2.45) is 0 Å². The van der Waals surface area contributed by atoms with Crippen molar-refractivity contribution in [2.45, 2.75) is 13.8 Å². The zero-order valence-corrected chi connectivity index (χ0v) is 10.5. The van der Waals surface area contributed by atoms with Crippen LogP contribution in [0.5, 0.6) is 0 Å². The molecular formula is C11H10ClN5O. The van der Waals surface area contributed by atoms with E-state index < -0.39 is 0 Å². The number of nitrogens with one attached hydrogen (secondary N) is 2. The fourth-order valence-corrected chi connectivity index (χ4v) is 1.97. The fraction of sp³-hybridized carbons (Fsp3) is 0.182. The van der Waals surface area contributed by atoms with Crippen LogP contribution < -0.4 is 5.32 Å². The third-order valence-corrected chi connectivity index (χ3v) is 2.69. The second-order valence-electron chi connectivity index (χ2n) is 3.97. The van der Waals surface area contributed by atoms with Crippen LogP contribution in [0.15, 0.2) is 16.5 Å². The van der Waals surface area contributed by atoms with E-state index in [-0.39, 0.29) is 0 Å². The number of halogens is 1. The summed E-state index contributed by atoms with van der Waals surface area (Å²) in [6.07, 6.45) is 0. The SMILES string of the molecule is Cc1nnc(Nc2nc3c(C)cc(Cl)cc3o2)[nH]1. The van der Waals surface area contributed by atoms with Crippen LogP contribution in [0.1, 0.15) is 11.4 Å². The quantitative estimate of drug-likeness (QED) is 0.743. The van der Waals surface area contributed by atoms with Crippen LogP contribution in [0.2, 0.25) is 5.02 Å². The molecule has 0 aliphatic heterocycles. The van der Waals surface area contributed by atoms with E-state index in [1.807, 2.05) is 19.9 Å². The molecule has 7 heteroatoms. The van der Waals surface area contributed by atoms with Gasteiger partial charge in [-0.25, -0.2) is 0 Å². The predicted octanol–water partition coefficient (Wildman–Crippen LogP) is 2.96. The summed E-state index contributed by atoms with van der Waals surface area (Å²) in [6, 6.07) is 3.93. The maximum Gasteiger partial charge on any atom is 0.302 e. The Labute approximate surface area is 107 Å². The maximum absolute atomic E-state index is 5.96. The van der Waals surface area contributed by atoms with Crippen LogP contribution in [0.3, 0.4) is 0 Å². The van der Waals surface area contributed by atoms with E-state index in [2.05, 4.69) is 25.5 Å². The Morgan fingerprint density at radius 2 is 2.11 bits per heavy atom. The number of hydrogen-bond donors (Lipinski definition) is 2. The first-order valence-corrected chi connectivity index (χ1v) is 5.72. The molecule has 0 aliphatic rings. The number of fused-ring (bicyclic) bond motifs is 1. The predicted molar refractivity (Wildman–Crippen MR) is 68.2 cm³/mol. The van der Waals surface area contributed by atoms with Gasteiger partial charge in [-0.1, -0.05) is 11.6 Å². The van der Waals surface area contributed by atoms with E-state index in [0.29, 0.717) is 28.4 Å². The highest BCUT2D eigenvalue weighted by Gasteiger charge is 2.10. The normalized spacial score (nSPS) is 11.1. The molecule has 92 valence electrons. The van der Waals surface area contributed by atoms with Crippen LogP contribution in [0.4, 0.5) is 12.0 Å². The lowest BCUT2D eigenvalue weighted by molar-refractivity contribution is 0.622. The lowest BCUT2D eigenvalue weighted by atomic mass is 10.2. The van der Waals surface area contributed by atoms with Crippen molar-refractivity contribution >= 4 is 34.7 Å². The van der Waals surface area contributed by atoms with Crippen molar-refractivity contribution in [3.05, 3.63) is 28.5 Å². The molecule has 0 amide bonds. The molecule has 0 saturated carbocycles. The van der Waals surface area contributed by atoms with E-state index in [1.165, 1.54) is 0 Å². The van der Waals surface area contributed by atoms with Gasteiger partial charge < -0.3 is 9.40 Å². The van der Waals surface area contributed by atoms with Crippen LogP contribution >= 0.6 is 11.6 Å². The standard InChI is InChI=1S/C11H10ClN5O/c1-5-3-7(12)4-8-9(5)14-11(18-8)15-10-13-6(2)16-17-10/h3-4H,1-2H3,(H2,13,14,15,16,17). The summed E-state index contributed by atoms with van der Waals surface area (Å²) >= 11 is 5.96. The van der Waals surface area contributed by atoms with Crippen molar-refractivity contribution in [1.82, 2.24) is 20.2 Å². The summed E-state index contributed by atoms with van der Waals surface area (Å²) in [5.41, 5.74) is 2.37. The topological polar surface area (TPSA) is 79.6 Å². The van der Waals surface area contributed by atoms with Gasteiger partial charge in [-0.05, 0) is 25.5 Å². The minimum absolute atomic E-state index is 0.353. The van der Waals surface area contributed by atoms with E-state index in [9.17, 15) is 0 Å². The van der Waals surface area contributed by atoms with Crippen LogP contribution in [0.25, 0.3) is 11.1 Å². The molecule has 0 fully saturated rings. The molecule has 18 heavy (non-hydrogen) atoms. The number of nitrogens with zero attached hydrogens (tertiary/aromatic N) is 3. The third-order valence-electron chi connectivity index (χ3n) is 2.47. The van der Waals surface area contributed by atoms with Gasteiger partial charge in [0, 0.05) is 11.1 Å². The molecule has 0 atom stereocenters. The number of rotatable bonds is 2. The van der Waals surface area contributed by atoms with E-state index in [1.54, 1.807) is 6.07 Å². The molecule has 0 bridgehead atoms. The number of hydrogen-bond acceptors (Lipinski definition) is 5. The molecule has 0 aliphatic carbocycles. The minimum atomic E-state index is 0.353. The molecule has 2 heterocycles. The molecule has 3 rings (SSSR count). The summed E-state index contributed by atoms with van der Waals surface area (Å²) in [5, 5.41) is 11.3. The lowest BCUT2D eigenvalue weighted by Crippen LogP contribution is -1.92. The van der Waals surface area contributed by atoms with E-state index in [0.717, 1.165) is 11.1 Å². The highest BCUT2D eigenvalue weighted by Crippen LogP contribution is 2.26. The number of oxazole rings is 1. The second kappa shape index (κ2) is 3.99. The van der Waals surface area contributed by atoms with Gasteiger partial charge in [0.05, 0.1) is 0 Å². The molecule has 0 saturated heterocycles. The van der Waals surface area contributed by atoms with E-state index >= 15 is 0 Å². The molecule has 6 nitrogen and oxygen atoms in total. The summed E-state index contributed by atoms with van der Waals surface area (Å²) in [4.78, 5) is 7.27. The van der Waals surface area contributed by atoms with Gasteiger partial charge in [-0.3, -0.25) is 5.32 Å². The Morgan fingerprint density at radius 3 is 2.83 bits per heavy atom. The van der Waals surface area contributed by atoms with Gasteiger partial charge >= 0.3 is 6.01 Å². The third kappa shape index (κ3) is 1.91. The Bertz CT molecular complexity index is 717. The zero-order chi connectivity index (χ0) is 12.7. The molecule has 1 aromatic carbocycles. The first-order valence-electron chi connectivity index (χ1n) is 5.35. The Kier molecular flexibility index (Phi) is 2.45. The Balaban J connectivity index is 2.01. The largest absolute Gasteiger partial charge is 0.423 e. The number of aromatic amines is 1. The molecule has 2 aromatic heterocycles. The number of benzene rings is 1. The monoisotopic (exact) mass is 263 g/mol. The number of aryl methyl sites for hydroxylation is 2. The molecule has 0 radical (unpaired) electrons. The average molecular weight is 264 g/mol. The van der Waals surface area contributed by atoms with Crippen molar-refractivity contribution < 1.29 is 4.42 Å². The summed E-state index contributed by atoms with van der Waals surface area (Å²) in [7, 11) is 0. The highest BCUT2D eigenvalue weighted by molar-refractivity contribution is 6.31. The number of anilines is 2. The first-order chi connectivity index (χ1) is 8.61. The Morgan fingerprint density at radius 1 is 1.28 bits per heavy atom. The fourth-order valence-electron chi connectivity index (χ4n) is 1.71. The van der Waals surface area contributed by atoms with Gasteiger partial charge in [-0.15, -0.1) is 10.2 Å². The van der Waals surface area contributed by atoms with Gasteiger partial charge in [0.25, 0.3) is 0 Å². The molecule has 0 spiro atoms. The maximum atomic E-state index is 5.96. The summed E-state index contributed by atoms with van der Waals surface area (Å²) < 4.78 is 5.55. The first kappa shape index (κ1) is 11.0. The van der Waals surface area contributed by atoms with Gasteiger partial charge in [-0.2, -0.15) is 4.98 Å². The molecule has 0 unspecified atom stereocenters. The Hall–Kier alpha value is -2.08. The van der Waals surface area contributed by atoms with Crippen molar-refractivity contribution in [3.8, 4) is 0 Å². The number of aromatic nitrogens is 4. The van der Waals surface area contributed by atoms with Crippen molar-refractivity contribution in [2.75, 3.05) is 5.32 Å². The average Bonchev–Trinajstić information content (AvgIpc) is 2.85. The summed E-state index contributed by atoms with van der Waals surface area (Å²) in [5.74, 6) is 1.20. The van der Waals surface area contributed by atoms with Crippen LogP contribution in [0, 0.1) is 13.8 Å².